The van der Waals surface area contributed by atoms with Crippen molar-refractivity contribution in [1.82, 2.24) is 25.1 Å². The zero-order valence-corrected chi connectivity index (χ0v) is 23.4. The Hall–Kier alpha value is -3.58. The fourth-order valence-electron chi connectivity index (χ4n) is 4.07. The van der Waals surface area contributed by atoms with Crippen LogP contribution in [0.5, 0.6) is 0 Å². The number of aliphatic hydroxyl groups is 1. The van der Waals surface area contributed by atoms with Gasteiger partial charge in [0.1, 0.15) is 17.6 Å². The molecule has 0 bridgehead atoms. The summed E-state index contributed by atoms with van der Waals surface area (Å²) in [6.07, 6.45) is -1.51. The van der Waals surface area contributed by atoms with Crippen LogP contribution in [0.4, 0.5) is 10.6 Å². The van der Waals surface area contributed by atoms with Crippen molar-refractivity contribution in [2.45, 2.75) is 19.9 Å². The van der Waals surface area contributed by atoms with E-state index < -0.39 is 37.7 Å². The van der Waals surface area contributed by atoms with Crippen molar-refractivity contribution < 1.29 is 38.2 Å². The fourth-order valence-corrected chi connectivity index (χ4v) is 5.84. The lowest BCUT2D eigenvalue weighted by atomic mass is 10.2. The van der Waals surface area contributed by atoms with Gasteiger partial charge in [-0.15, -0.1) is 0 Å². The molecule has 1 aromatic carbocycles. The average Bonchev–Trinajstić information content (AvgIpc) is 2.95. The van der Waals surface area contributed by atoms with Gasteiger partial charge in [-0.1, -0.05) is 30.3 Å². The lowest BCUT2D eigenvalue weighted by molar-refractivity contribution is -0.134. The predicted molar refractivity (Wildman–Crippen MR) is 146 cm³/mol. The number of piperazine rings is 1. The van der Waals surface area contributed by atoms with Gasteiger partial charge < -0.3 is 39.7 Å². The van der Waals surface area contributed by atoms with Gasteiger partial charge in [0, 0.05) is 44.4 Å². The highest BCUT2D eigenvalue weighted by molar-refractivity contribution is 7.54. The van der Waals surface area contributed by atoms with Gasteiger partial charge >= 0.3 is 13.7 Å². The number of rotatable bonds is 13. The van der Waals surface area contributed by atoms with Crippen LogP contribution in [0.25, 0.3) is 11.4 Å². The van der Waals surface area contributed by atoms with Crippen LogP contribution in [0, 0.1) is 0 Å². The van der Waals surface area contributed by atoms with E-state index in [4.69, 9.17) is 9.05 Å². The second-order valence-electron chi connectivity index (χ2n) is 8.73. The average molecular weight is 579 g/mol. The third-order valence-electron chi connectivity index (χ3n) is 5.93. The molecule has 14 nitrogen and oxygen atoms in total. The first-order valence-corrected chi connectivity index (χ1v) is 14.7. The number of carboxylic acid groups (broad SMARTS) is 1. The monoisotopic (exact) mass is 578 g/mol. The van der Waals surface area contributed by atoms with Crippen LogP contribution in [0.15, 0.2) is 36.4 Å². The summed E-state index contributed by atoms with van der Waals surface area (Å²) in [5, 5.41) is 24.0. The van der Waals surface area contributed by atoms with Crippen molar-refractivity contribution in [2.24, 2.45) is 0 Å². The maximum atomic E-state index is 13.6. The molecule has 4 N–H and O–H groups in total. The fraction of sp³-hybridized carbons (Fsp3) is 0.480. The molecule has 2 aromatic rings. The van der Waals surface area contributed by atoms with Gasteiger partial charge in [0.25, 0.3) is 5.91 Å². The van der Waals surface area contributed by atoms with Crippen molar-refractivity contribution in [2.75, 3.05) is 64.0 Å². The highest BCUT2D eigenvalue weighted by atomic mass is 31.2. The highest BCUT2D eigenvalue weighted by Crippen LogP contribution is 2.48. The second kappa shape index (κ2) is 14.7. The summed E-state index contributed by atoms with van der Waals surface area (Å²) in [4.78, 5) is 49.7. The minimum absolute atomic E-state index is 0.0644. The van der Waals surface area contributed by atoms with Crippen LogP contribution < -0.4 is 10.6 Å². The number of hydrogen-bond acceptors (Lipinski definition) is 10. The van der Waals surface area contributed by atoms with Crippen LogP contribution in [0.2, 0.25) is 0 Å². The Morgan fingerprint density at radius 2 is 1.65 bits per heavy atom. The molecule has 15 heteroatoms. The van der Waals surface area contributed by atoms with E-state index in [0.717, 1.165) is 0 Å². The number of carbonyl (C=O) groups excluding carboxylic acids is 2. The first-order chi connectivity index (χ1) is 19.2. The number of hydrogen-bond donors (Lipinski definition) is 4. The van der Waals surface area contributed by atoms with Crippen LogP contribution in [0.1, 0.15) is 24.3 Å². The van der Waals surface area contributed by atoms with E-state index in [1.54, 1.807) is 38.1 Å². The molecule has 1 fully saturated rings. The van der Waals surface area contributed by atoms with E-state index in [9.17, 15) is 29.2 Å². The minimum Gasteiger partial charge on any atom is -0.465 e. The van der Waals surface area contributed by atoms with Crippen molar-refractivity contribution in [1.29, 1.82) is 0 Å². The number of amides is 3. The normalized spacial score (nSPS) is 14.5. The van der Waals surface area contributed by atoms with Crippen molar-refractivity contribution >= 4 is 31.3 Å². The zero-order valence-electron chi connectivity index (χ0n) is 22.5. The molecule has 218 valence electrons. The quantitative estimate of drug-likeness (QED) is 0.254. The minimum atomic E-state index is -3.78. The molecule has 0 saturated carbocycles. The molecular weight excluding hydrogens is 543 g/mol. The van der Waals surface area contributed by atoms with E-state index >= 15 is 0 Å². The molecule has 0 spiro atoms. The number of nitrogens with one attached hydrogen (secondary N) is 2. The lowest BCUT2D eigenvalue weighted by Gasteiger charge is -2.35. The third-order valence-corrected chi connectivity index (χ3v) is 8.05. The summed E-state index contributed by atoms with van der Waals surface area (Å²) in [6, 6.07) is 9.04. The molecule has 0 radical (unpaired) electrons. The van der Waals surface area contributed by atoms with Crippen molar-refractivity contribution in [3.05, 3.63) is 42.1 Å². The number of carbonyl (C=O) groups is 3. The van der Waals surface area contributed by atoms with Gasteiger partial charge in [0.05, 0.1) is 26.0 Å². The number of benzene rings is 1. The Balaban J connectivity index is 1.91. The van der Waals surface area contributed by atoms with Crippen LogP contribution in [-0.4, -0.2) is 113 Å². The zero-order chi connectivity index (χ0) is 29.1. The number of aromatic nitrogens is 2. The molecule has 1 saturated heterocycles. The Kier molecular flexibility index (Phi) is 11.4. The van der Waals surface area contributed by atoms with Crippen molar-refractivity contribution in [3.8, 4) is 11.4 Å². The number of nitrogens with zero attached hydrogens (tertiary/aromatic N) is 4. The predicted octanol–water partition coefficient (Wildman–Crippen LogP) is 1.73. The Labute approximate surface area is 232 Å². The molecule has 3 amide bonds. The van der Waals surface area contributed by atoms with E-state index in [2.05, 4.69) is 20.6 Å². The summed E-state index contributed by atoms with van der Waals surface area (Å²) >= 11 is 0. The van der Waals surface area contributed by atoms with E-state index in [1.165, 1.54) is 15.9 Å². The van der Waals surface area contributed by atoms with Crippen molar-refractivity contribution in [3.63, 3.8) is 0 Å². The van der Waals surface area contributed by atoms with E-state index in [0.29, 0.717) is 5.56 Å². The van der Waals surface area contributed by atoms with Gasteiger partial charge in [-0.25, -0.2) is 14.8 Å². The van der Waals surface area contributed by atoms with Gasteiger partial charge in [0.2, 0.25) is 5.91 Å². The maximum Gasteiger partial charge on any atom is 0.407 e. The molecule has 1 aromatic heterocycles. The van der Waals surface area contributed by atoms with Crippen LogP contribution >= 0.6 is 7.60 Å². The molecule has 2 heterocycles. The first kappa shape index (κ1) is 31.0. The molecule has 1 atom stereocenters. The van der Waals surface area contributed by atoms with Gasteiger partial charge in [-0.2, -0.15) is 0 Å². The molecule has 40 heavy (non-hydrogen) atoms. The maximum absolute atomic E-state index is 13.6. The largest absolute Gasteiger partial charge is 0.465 e. The summed E-state index contributed by atoms with van der Waals surface area (Å²) in [6.45, 7) is 3.83. The van der Waals surface area contributed by atoms with Crippen LogP contribution in [0.3, 0.4) is 0 Å². The van der Waals surface area contributed by atoms with Crippen LogP contribution in [-0.2, 0) is 18.4 Å². The standard InChI is InChI=1S/C25H35N6O8P/c1-3-38-40(37,39-4-2)17-20(24(34)30-11-13-31(14-12-30)25(35)36)28-23(33)19-16-21(26-10-15-32)29-22(27-19)18-8-6-5-7-9-18/h5-9,16,20,32H,3-4,10-15,17H2,1-2H3,(H,28,33)(H,35,36)(H,26,27,29)/t20-/m0/s1. The topological polar surface area (TPSA) is 184 Å². The number of aliphatic hydroxyl groups excluding tert-OH is 1. The van der Waals surface area contributed by atoms with Gasteiger partial charge in [0.15, 0.2) is 5.82 Å². The highest BCUT2D eigenvalue weighted by Gasteiger charge is 2.37. The molecule has 0 aliphatic carbocycles. The smallest absolute Gasteiger partial charge is 0.407 e. The lowest BCUT2D eigenvalue weighted by Crippen LogP contribution is -2.56. The van der Waals surface area contributed by atoms with E-state index in [-0.39, 0.29) is 69.9 Å². The van der Waals surface area contributed by atoms with Gasteiger partial charge in [-0.05, 0) is 13.8 Å². The molecule has 0 unspecified atom stereocenters. The molecule has 1 aliphatic heterocycles. The molecular formula is C25H35N6O8P. The molecule has 1 aliphatic rings. The summed E-state index contributed by atoms with van der Waals surface area (Å²) in [5.41, 5.74) is 0.579. The Bertz CT molecular complexity index is 1200. The molecule has 3 rings (SSSR count). The SMILES string of the molecule is CCOP(=O)(C[C@H](NC(=O)c1cc(NCCO)nc(-c2ccccc2)n1)C(=O)N1CCN(C(=O)O)CC1)OCC. The summed E-state index contributed by atoms with van der Waals surface area (Å²) in [5.74, 6) is -0.742. The van der Waals surface area contributed by atoms with Gasteiger partial charge in [-0.3, -0.25) is 14.2 Å². The second-order valence-corrected chi connectivity index (χ2v) is 10.8. The van der Waals surface area contributed by atoms with E-state index in [1.807, 2.05) is 6.07 Å². The summed E-state index contributed by atoms with van der Waals surface area (Å²) in [7, 11) is -3.78. The Morgan fingerprint density at radius 1 is 1.02 bits per heavy atom. The summed E-state index contributed by atoms with van der Waals surface area (Å²) < 4.78 is 24.1. The first-order valence-electron chi connectivity index (χ1n) is 12.9. The third kappa shape index (κ3) is 8.46. The number of anilines is 1. The Morgan fingerprint density at radius 3 is 2.23 bits per heavy atom.